The number of likely N-dealkylation sites (tertiary alicyclic amines) is 1. The Hall–Kier alpha value is -0.910. The number of amides is 1. The number of halogens is 2. The Bertz CT molecular complexity index is 311. The van der Waals surface area contributed by atoms with Gasteiger partial charge in [-0.1, -0.05) is 0 Å². The van der Waals surface area contributed by atoms with Crippen molar-refractivity contribution in [3.05, 3.63) is 0 Å². The van der Waals surface area contributed by atoms with Crippen LogP contribution >= 0.6 is 0 Å². The monoisotopic (exact) mass is 278 g/mol. The van der Waals surface area contributed by atoms with Crippen LogP contribution in [0.15, 0.2) is 0 Å². The molecule has 1 atom stereocenters. The molecule has 1 fully saturated rings. The minimum Gasteiger partial charge on any atom is -0.444 e. The number of hydrogen-bond acceptors (Lipinski definition) is 3. The van der Waals surface area contributed by atoms with Gasteiger partial charge in [0, 0.05) is 26.1 Å². The molecule has 112 valence electrons. The van der Waals surface area contributed by atoms with Crippen LogP contribution in [0.4, 0.5) is 13.6 Å². The quantitative estimate of drug-likeness (QED) is 0.863. The van der Waals surface area contributed by atoms with Crippen LogP contribution in [0, 0.1) is 0 Å². The van der Waals surface area contributed by atoms with E-state index in [1.54, 1.807) is 4.90 Å². The molecule has 19 heavy (non-hydrogen) atoms. The molecule has 1 heterocycles. The normalized spacial score (nSPS) is 21.4. The smallest absolute Gasteiger partial charge is 0.410 e. The summed E-state index contributed by atoms with van der Waals surface area (Å²) >= 11 is 0. The number of nitrogens with zero attached hydrogens (tertiary/aromatic N) is 1. The number of rotatable bonds is 3. The van der Waals surface area contributed by atoms with E-state index in [1.165, 1.54) is 0 Å². The van der Waals surface area contributed by atoms with Crippen molar-refractivity contribution in [2.24, 2.45) is 0 Å². The Kier molecular flexibility index (Phi) is 5.12. The highest BCUT2D eigenvalue weighted by Crippen LogP contribution is 2.16. The molecule has 0 spiro atoms. The van der Waals surface area contributed by atoms with Gasteiger partial charge in [0.25, 0.3) is 5.92 Å². The van der Waals surface area contributed by atoms with E-state index in [2.05, 4.69) is 5.32 Å². The summed E-state index contributed by atoms with van der Waals surface area (Å²) < 4.78 is 30.9. The van der Waals surface area contributed by atoms with Crippen molar-refractivity contribution in [2.75, 3.05) is 19.6 Å². The van der Waals surface area contributed by atoms with Crippen molar-refractivity contribution in [1.29, 1.82) is 0 Å². The lowest BCUT2D eigenvalue weighted by molar-refractivity contribution is 0.00875. The van der Waals surface area contributed by atoms with Crippen LogP contribution < -0.4 is 5.32 Å². The predicted molar refractivity (Wildman–Crippen MR) is 69.5 cm³/mol. The Morgan fingerprint density at radius 1 is 1.37 bits per heavy atom. The number of alkyl halides is 2. The van der Waals surface area contributed by atoms with Crippen LogP contribution in [0.1, 0.15) is 40.5 Å². The summed E-state index contributed by atoms with van der Waals surface area (Å²) in [7, 11) is 0. The fourth-order valence-corrected chi connectivity index (χ4v) is 1.96. The van der Waals surface area contributed by atoms with Crippen molar-refractivity contribution >= 4 is 6.09 Å². The van der Waals surface area contributed by atoms with Crippen LogP contribution in [0.3, 0.4) is 0 Å². The molecule has 1 unspecified atom stereocenters. The maximum absolute atomic E-state index is 12.8. The predicted octanol–water partition coefficient (Wildman–Crippen LogP) is 2.63. The van der Waals surface area contributed by atoms with Crippen LogP contribution in [0.25, 0.3) is 0 Å². The summed E-state index contributed by atoms with van der Waals surface area (Å²) in [5.74, 6) is -2.73. The number of piperidine rings is 1. The maximum Gasteiger partial charge on any atom is 0.410 e. The first kappa shape index (κ1) is 16.1. The minimum absolute atomic E-state index is 0.0907. The summed E-state index contributed by atoms with van der Waals surface area (Å²) in [6.07, 6.45) is 1.23. The maximum atomic E-state index is 12.8. The fraction of sp³-hybridized carbons (Fsp3) is 0.923. The van der Waals surface area contributed by atoms with Gasteiger partial charge in [-0.3, -0.25) is 0 Å². The number of carbonyl (C=O) groups excluding carboxylic acids is 1. The minimum atomic E-state index is -2.73. The fourth-order valence-electron chi connectivity index (χ4n) is 1.96. The number of carbonyl (C=O) groups is 1. The van der Waals surface area contributed by atoms with E-state index >= 15 is 0 Å². The van der Waals surface area contributed by atoms with Gasteiger partial charge in [0.05, 0.1) is 6.54 Å². The molecule has 1 N–H and O–H groups in total. The molecule has 1 saturated heterocycles. The van der Waals surface area contributed by atoms with Gasteiger partial charge in [-0.05, 0) is 33.6 Å². The third kappa shape index (κ3) is 6.71. The van der Waals surface area contributed by atoms with Gasteiger partial charge >= 0.3 is 6.09 Å². The molecule has 4 nitrogen and oxygen atoms in total. The van der Waals surface area contributed by atoms with E-state index in [1.807, 2.05) is 20.8 Å². The summed E-state index contributed by atoms with van der Waals surface area (Å²) in [6, 6.07) is -0.0907. The highest BCUT2D eigenvalue weighted by Gasteiger charge is 2.29. The van der Waals surface area contributed by atoms with Crippen LogP contribution in [0.5, 0.6) is 0 Å². The molecule has 1 amide bonds. The van der Waals surface area contributed by atoms with Crippen molar-refractivity contribution in [3.63, 3.8) is 0 Å². The highest BCUT2D eigenvalue weighted by molar-refractivity contribution is 5.68. The Morgan fingerprint density at radius 2 is 2.00 bits per heavy atom. The molecule has 0 aromatic heterocycles. The van der Waals surface area contributed by atoms with Crippen LogP contribution in [-0.4, -0.2) is 48.2 Å². The molecule has 1 aliphatic heterocycles. The second-order valence-corrected chi connectivity index (χ2v) is 6.22. The highest BCUT2D eigenvalue weighted by atomic mass is 19.3. The molecular formula is C13H24F2N2O2. The largest absolute Gasteiger partial charge is 0.444 e. The number of ether oxygens (including phenoxy) is 1. The molecule has 0 aromatic carbocycles. The summed E-state index contributed by atoms with van der Waals surface area (Å²) in [5, 5.41) is 2.81. The van der Waals surface area contributed by atoms with E-state index < -0.39 is 11.5 Å². The first-order valence-electron chi connectivity index (χ1n) is 6.66. The van der Waals surface area contributed by atoms with E-state index in [0.717, 1.165) is 19.8 Å². The first-order chi connectivity index (χ1) is 8.57. The van der Waals surface area contributed by atoms with Gasteiger partial charge in [-0.25, -0.2) is 13.6 Å². The molecule has 1 rings (SSSR count). The van der Waals surface area contributed by atoms with Crippen molar-refractivity contribution in [2.45, 2.75) is 58.1 Å². The van der Waals surface area contributed by atoms with Crippen molar-refractivity contribution in [3.8, 4) is 0 Å². The average molecular weight is 278 g/mol. The topological polar surface area (TPSA) is 41.6 Å². The third-order valence-electron chi connectivity index (χ3n) is 2.77. The lowest BCUT2D eigenvalue weighted by Gasteiger charge is -2.34. The Morgan fingerprint density at radius 3 is 2.53 bits per heavy atom. The first-order valence-corrected chi connectivity index (χ1v) is 6.66. The Balaban J connectivity index is 2.44. The molecular weight excluding hydrogens is 254 g/mol. The molecule has 0 radical (unpaired) electrons. The Labute approximate surface area is 113 Å². The van der Waals surface area contributed by atoms with Gasteiger partial charge < -0.3 is 15.0 Å². The van der Waals surface area contributed by atoms with Crippen LogP contribution in [0.2, 0.25) is 0 Å². The van der Waals surface area contributed by atoms with Gasteiger partial charge in [0.15, 0.2) is 0 Å². The second kappa shape index (κ2) is 6.03. The van der Waals surface area contributed by atoms with Gasteiger partial charge in [-0.15, -0.1) is 0 Å². The number of hydrogen-bond donors (Lipinski definition) is 1. The van der Waals surface area contributed by atoms with E-state index in [4.69, 9.17) is 4.74 Å². The molecule has 0 bridgehead atoms. The zero-order valence-corrected chi connectivity index (χ0v) is 12.1. The molecule has 0 aliphatic carbocycles. The lowest BCUT2D eigenvalue weighted by atomic mass is 10.1. The van der Waals surface area contributed by atoms with E-state index in [-0.39, 0.29) is 18.7 Å². The second-order valence-electron chi connectivity index (χ2n) is 6.22. The van der Waals surface area contributed by atoms with Crippen LogP contribution in [-0.2, 0) is 4.74 Å². The molecule has 0 aromatic rings. The summed E-state index contributed by atoms with van der Waals surface area (Å²) in [5.41, 5.74) is -0.534. The molecule has 0 saturated carbocycles. The molecule has 1 aliphatic rings. The van der Waals surface area contributed by atoms with E-state index in [9.17, 15) is 13.6 Å². The standard InChI is InChI=1S/C13H24F2N2O2/c1-12(2,3)19-11(18)17-7-5-6-10(8-17)16-9-13(4,14)15/h10,16H,5-9H2,1-4H3. The summed E-state index contributed by atoms with van der Waals surface area (Å²) in [4.78, 5) is 13.5. The van der Waals surface area contributed by atoms with Gasteiger partial charge in [-0.2, -0.15) is 0 Å². The van der Waals surface area contributed by atoms with Crippen molar-refractivity contribution in [1.82, 2.24) is 10.2 Å². The zero-order valence-electron chi connectivity index (χ0n) is 12.1. The van der Waals surface area contributed by atoms with Gasteiger partial charge in [0.1, 0.15) is 5.60 Å². The number of nitrogens with one attached hydrogen (secondary N) is 1. The zero-order chi connectivity index (χ0) is 14.7. The third-order valence-corrected chi connectivity index (χ3v) is 2.77. The molecule has 6 heteroatoms. The van der Waals surface area contributed by atoms with E-state index in [0.29, 0.717) is 13.1 Å². The van der Waals surface area contributed by atoms with Crippen molar-refractivity contribution < 1.29 is 18.3 Å². The lowest BCUT2D eigenvalue weighted by Crippen LogP contribution is -2.51. The SMILES string of the molecule is CC(F)(F)CNC1CCCN(C(=O)OC(C)(C)C)C1. The average Bonchev–Trinajstić information content (AvgIpc) is 2.23. The van der Waals surface area contributed by atoms with Gasteiger partial charge in [0.2, 0.25) is 0 Å². The summed E-state index contributed by atoms with van der Waals surface area (Å²) in [6.45, 7) is 6.99.